The van der Waals surface area contributed by atoms with Crippen LogP contribution in [0.25, 0.3) is 21.9 Å². The van der Waals surface area contributed by atoms with Crippen molar-refractivity contribution in [1.82, 2.24) is 30.2 Å². The van der Waals surface area contributed by atoms with Gasteiger partial charge < -0.3 is 35.3 Å². The van der Waals surface area contributed by atoms with E-state index in [0.29, 0.717) is 28.6 Å². The number of aliphatic hydroxyl groups is 2. The maximum atomic E-state index is 13.5. The number of H-pyrrole nitrogens is 1. The molecular formula is C42H50N6O6. The number of ether oxygens (including phenoxy) is 1. The van der Waals surface area contributed by atoms with Gasteiger partial charge in [0, 0.05) is 37.0 Å². The molecule has 54 heavy (non-hydrogen) atoms. The Balaban J connectivity index is 0.773. The Hall–Kier alpha value is -4.62. The molecule has 3 aromatic carbocycles. The van der Waals surface area contributed by atoms with Gasteiger partial charge in [0.2, 0.25) is 5.56 Å². The molecule has 2 aliphatic carbocycles. The van der Waals surface area contributed by atoms with Gasteiger partial charge in [0.05, 0.1) is 17.1 Å². The number of benzene rings is 3. The molecule has 8 rings (SSSR count). The van der Waals surface area contributed by atoms with Crippen LogP contribution in [0.3, 0.4) is 0 Å². The summed E-state index contributed by atoms with van der Waals surface area (Å²) < 4.78 is 8.01. The highest BCUT2D eigenvalue weighted by molar-refractivity contribution is 5.87. The first-order valence-corrected chi connectivity index (χ1v) is 19.5. The van der Waals surface area contributed by atoms with E-state index in [1.807, 2.05) is 53.2 Å². The zero-order valence-electron chi connectivity index (χ0n) is 30.6. The number of aromatic hydroxyl groups is 1. The summed E-state index contributed by atoms with van der Waals surface area (Å²) in [5.41, 5.74) is 2.78. The molecule has 3 fully saturated rings. The summed E-state index contributed by atoms with van der Waals surface area (Å²) in [4.78, 5) is 30.4. The second kappa shape index (κ2) is 15.3. The van der Waals surface area contributed by atoms with Gasteiger partial charge in [-0.05, 0) is 111 Å². The summed E-state index contributed by atoms with van der Waals surface area (Å²) in [7, 11) is 0. The first-order valence-electron chi connectivity index (χ1n) is 19.5. The zero-order valence-corrected chi connectivity index (χ0v) is 30.6. The number of piperidine rings is 1. The van der Waals surface area contributed by atoms with E-state index in [2.05, 4.69) is 25.5 Å². The minimum atomic E-state index is -1.57. The van der Waals surface area contributed by atoms with E-state index in [9.17, 15) is 24.9 Å². The summed E-state index contributed by atoms with van der Waals surface area (Å²) in [6.45, 7) is 4.64. The first-order chi connectivity index (χ1) is 26.2. The highest BCUT2D eigenvalue weighted by atomic mass is 16.6. The van der Waals surface area contributed by atoms with E-state index < -0.39 is 17.7 Å². The number of likely N-dealkylation sites (tertiary alicyclic amines) is 1. The molecule has 12 heteroatoms. The molecule has 1 aliphatic heterocycles. The molecular weight excluding hydrogens is 684 g/mol. The van der Waals surface area contributed by atoms with Crippen LogP contribution in [0.1, 0.15) is 80.6 Å². The maximum Gasteiger partial charge on any atom is 0.343 e. The molecule has 1 saturated heterocycles. The number of nitrogens with one attached hydrogen (secondary N) is 2. The molecule has 0 amide bonds. The molecule has 5 N–H and O–H groups in total. The van der Waals surface area contributed by atoms with Gasteiger partial charge in [0.25, 0.3) is 0 Å². The third-order valence-electron chi connectivity index (χ3n) is 12.3. The molecule has 3 aliphatic rings. The summed E-state index contributed by atoms with van der Waals surface area (Å²) in [5, 5.41) is 45.6. The summed E-state index contributed by atoms with van der Waals surface area (Å²) in [6, 6.07) is 21.6. The third kappa shape index (κ3) is 7.27. The van der Waals surface area contributed by atoms with Crippen molar-refractivity contribution in [3.05, 3.63) is 99.8 Å². The SMILES string of the molecule is O=C(OC1CC2(CCN(CCCn3nnc4cc(CNCC(O)c5ccc(O)c6[nH]c(=O)ccc56)ccc43)CC2)C1)C(O)(c1ccccc1)C1CCCC1. The minimum Gasteiger partial charge on any atom is -0.506 e. The van der Waals surface area contributed by atoms with Gasteiger partial charge in [0.1, 0.15) is 17.4 Å². The number of aryl methyl sites for hydroxylation is 1. The van der Waals surface area contributed by atoms with Gasteiger partial charge in [0.15, 0.2) is 5.60 Å². The van der Waals surface area contributed by atoms with E-state index in [4.69, 9.17) is 4.74 Å². The van der Waals surface area contributed by atoms with Crippen molar-refractivity contribution in [2.24, 2.45) is 11.3 Å². The van der Waals surface area contributed by atoms with Crippen LogP contribution in [-0.2, 0) is 28.2 Å². The van der Waals surface area contributed by atoms with Gasteiger partial charge in [-0.25, -0.2) is 9.48 Å². The number of aromatic amines is 1. The molecule has 284 valence electrons. The number of carbonyl (C=O) groups is 1. The predicted molar refractivity (Wildman–Crippen MR) is 205 cm³/mol. The smallest absolute Gasteiger partial charge is 0.343 e. The highest BCUT2D eigenvalue weighted by Gasteiger charge is 2.52. The number of rotatable bonds is 13. The second-order valence-electron chi connectivity index (χ2n) is 15.8. The predicted octanol–water partition coefficient (Wildman–Crippen LogP) is 5.06. The lowest BCUT2D eigenvalue weighted by molar-refractivity contribution is -0.192. The molecule has 2 saturated carbocycles. The molecule has 0 bridgehead atoms. The number of esters is 1. The lowest BCUT2D eigenvalue weighted by Crippen LogP contribution is -2.52. The van der Waals surface area contributed by atoms with Crippen LogP contribution in [0.15, 0.2) is 77.6 Å². The number of phenols is 1. The summed E-state index contributed by atoms with van der Waals surface area (Å²) in [5.74, 6) is -0.599. The van der Waals surface area contributed by atoms with Crippen molar-refractivity contribution >= 4 is 27.9 Å². The highest BCUT2D eigenvalue weighted by Crippen LogP contribution is 2.51. The van der Waals surface area contributed by atoms with Crippen LogP contribution >= 0.6 is 0 Å². The third-order valence-corrected chi connectivity index (χ3v) is 12.3. The number of fused-ring (bicyclic) bond motifs is 2. The number of aromatic nitrogens is 4. The fourth-order valence-corrected chi connectivity index (χ4v) is 9.20. The number of phenolic OH excluding ortho intramolecular Hbond substituents is 1. The Labute approximate surface area is 314 Å². The number of pyridine rings is 1. The second-order valence-corrected chi connectivity index (χ2v) is 15.8. The molecule has 12 nitrogen and oxygen atoms in total. The fraction of sp³-hybridized carbons (Fsp3) is 0.476. The summed E-state index contributed by atoms with van der Waals surface area (Å²) in [6.07, 6.45) is 7.72. The van der Waals surface area contributed by atoms with Crippen LogP contribution in [0.4, 0.5) is 0 Å². The van der Waals surface area contributed by atoms with Gasteiger partial charge in [-0.1, -0.05) is 60.5 Å². The van der Waals surface area contributed by atoms with E-state index in [1.165, 1.54) is 12.1 Å². The van der Waals surface area contributed by atoms with E-state index in [-0.39, 0.29) is 35.3 Å². The van der Waals surface area contributed by atoms with Crippen molar-refractivity contribution in [2.75, 3.05) is 26.2 Å². The molecule has 1 spiro atoms. The largest absolute Gasteiger partial charge is 0.506 e. The normalized spacial score (nSPS) is 19.6. The lowest BCUT2D eigenvalue weighted by atomic mass is 9.61. The number of carbonyl (C=O) groups excluding carboxylic acids is 1. The average Bonchev–Trinajstić information content (AvgIpc) is 3.86. The Morgan fingerprint density at radius 2 is 1.80 bits per heavy atom. The number of nitrogens with zero attached hydrogens (tertiary/aromatic N) is 4. The lowest BCUT2D eigenvalue weighted by Gasteiger charge is -2.52. The van der Waals surface area contributed by atoms with Crippen molar-refractivity contribution in [2.45, 2.75) is 88.7 Å². The average molecular weight is 735 g/mol. The maximum absolute atomic E-state index is 13.5. The number of hydrogen-bond donors (Lipinski definition) is 5. The Morgan fingerprint density at radius 1 is 1.02 bits per heavy atom. The number of aliphatic hydroxyl groups excluding tert-OH is 1. The van der Waals surface area contributed by atoms with E-state index in [0.717, 1.165) is 101 Å². The van der Waals surface area contributed by atoms with Crippen molar-refractivity contribution < 1.29 is 24.9 Å². The standard InChI is InChI=1S/C42H50N6O6/c49-36-15-12-32(33-13-16-38(51)44-39(33)36)37(50)27-43-26-28-11-14-35-34(23-28)45-46-48(35)20-6-19-47-21-17-41(18-22-47)24-31(25-41)54-40(52)42(53,30-9-4-5-10-30)29-7-2-1-3-8-29/h1-3,7-8,11-16,23,30-31,37,43,49-50,53H,4-6,9-10,17-22,24-27H2,(H,44,51). The minimum absolute atomic E-state index is 0.0355. The van der Waals surface area contributed by atoms with Crippen molar-refractivity contribution in [1.29, 1.82) is 0 Å². The fourth-order valence-electron chi connectivity index (χ4n) is 9.20. The van der Waals surface area contributed by atoms with Crippen LogP contribution < -0.4 is 10.9 Å². The van der Waals surface area contributed by atoms with Gasteiger partial charge >= 0.3 is 5.97 Å². The quantitative estimate of drug-likeness (QED) is 0.103. The van der Waals surface area contributed by atoms with Gasteiger partial charge in [-0.2, -0.15) is 0 Å². The zero-order chi connectivity index (χ0) is 37.3. The molecule has 5 aromatic rings. The Morgan fingerprint density at radius 3 is 2.57 bits per heavy atom. The van der Waals surface area contributed by atoms with Crippen LogP contribution in [-0.4, -0.2) is 78.4 Å². The Kier molecular flexibility index (Phi) is 10.3. The number of hydrogen-bond acceptors (Lipinski definition) is 10. The molecule has 2 atom stereocenters. The van der Waals surface area contributed by atoms with Gasteiger partial charge in [-0.15, -0.1) is 5.10 Å². The van der Waals surface area contributed by atoms with E-state index >= 15 is 0 Å². The topological polar surface area (TPSA) is 166 Å². The van der Waals surface area contributed by atoms with Crippen LogP contribution in [0, 0.1) is 11.3 Å². The Bertz CT molecular complexity index is 2150. The van der Waals surface area contributed by atoms with Crippen LogP contribution in [0.2, 0.25) is 0 Å². The molecule has 2 unspecified atom stereocenters. The van der Waals surface area contributed by atoms with Crippen molar-refractivity contribution in [3.8, 4) is 5.75 Å². The first kappa shape index (κ1) is 36.4. The molecule has 0 radical (unpaired) electrons. The molecule has 2 aromatic heterocycles. The van der Waals surface area contributed by atoms with E-state index in [1.54, 1.807) is 12.1 Å². The molecule has 3 heterocycles. The van der Waals surface area contributed by atoms with Crippen molar-refractivity contribution in [3.63, 3.8) is 0 Å². The monoisotopic (exact) mass is 734 g/mol. The van der Waals surface area contributed by atoms with Gasteiger partial charge in [-0.3, -0.25) is 4.79 Å². The van der Waals surface area contributed by atoms with Crippen LogP contribution in [0.5, 0.6) is 5.75 Å². The summed E-state index contributed by atoms with van der Waals surface area (Å²) >= 11 is 0.